The molecule has 0 unspecified atom stereocenters. The molecule has 1 amide bonds. The van der Waals surface area contributed by atoms with Gasteiger partial charge in [0.15, 0.2) is 5.75 Å². The van der Waals surface area contributed by atoms with E-state index in [-0.39, 0.29) is 22.8 Å². The van der Waals surface area contributed by atoms with Gasteiger partial charge in [-0.1, -0.05) is 26.8 Å². The van der Waals surface area contributed by atoms with E-state index in [1.807, 2.05) is 19.2 Å². The summed E-state index contributed by atoms with van der Waals surface area (Å²) >= 11 is 0.895. The first-order chi connectivity index (χ1) is 17.9. The van der Waals surface area contributed by atoms with Crippen LogP contribution in [0.1, 0.15) is 47.3 Å². The number of carbonyl (C=O) groups is 2. The molecule has 0 aliphatic carbocycles. The number of ketones is 1. The van der Waals surface area contributed by atoms with Crippen LogP contribution in [0.3, 0.4) is 0 Å². The number of nitrogens with zero attached hydrogens (tertiary/aromatic N) is 1. The number of amides is 1. The van der Waals surface area contributed by atoms with Crippen molar-refractivity contribution >= 4 is 39.6 Å². The number of ether oxygens (including phenoxy) is 1. The molecule has 0 atom stereocenters. The van der Waals surface area contributed by atoms with Crippen molar-refractivity contribution in [1.82, 2.24) is 10.2 Å². The molecule has 0 aliphatic rings. The third-order valence-corrected chi connectivity index (χ3v) is 5.96. The Morgan fingerprint density at radius 2 is 1.63 bits per heavy atom. The van der Waals surface area contributed by atoms with Crippen LogP contribution in [0.5, 0.6) is 11.5 Å². The Morgan fingerprint density at radius 1 is 1.00 bits per heavy atom. The van der Waals surface area contributed by atoms with Crippen LogP contribution in [0, 0.1) is 0 Å². The van der Waals surface area contributed by atoms with Gasteiger partial charge in [-0.05, 0) is 48.2 Å². The number of benzene rings is 2. The van der Waals surface area contributed by atoms with E-state index in [1.165, 1.54) is 35.7 Å². The number of alkyl halides is 6. The number of Topliss-reactive ketones (excluding diaryl/α,β-unsaturated/α-hetero) is 1. The number of fused-ring (bicyclic) bond motifs is 1. The minimum atomic E-state index is -5.29. The molecule has 0 bridgehead atoms. The second-order valence-electron chi connectivity index (χ2n) is 7.49. The van der Waals surface area contributed by atoms with Crippen molar-refractivity contribution in [3.8, 4) is 11.5 Å². The fraction of sp³-hybridized carbons (Fsp3) is 0.240. The molecule has 0 aliphatic heterocycles. The number of hydrogen-bond acceptors (Lipinski definition) is 5. The molecule has 13 heteroatoms. The number of aryl methyl sites for hydroxylation is 1. The monoisotopic (exact) mass is 557 g/mol. The van der Waals surface area contributed by atoms with Crippen LogP contribution in [0.15, 0.2) is 47.8 Å². The lowest BCUT2D eigenvalue weighted by atomic mass is 10.1. The fourth-order valence-corrected chi connectivity index (χ4v) is 4.09. The first kappa shape index (κ1) is 28.7. The number of nitrogens with one attached hydrogen (secondary N) is 2. The van der Waals surface area contributed by atoms with E-state index in [9.17, 15) is 35.9 Å². The molecule has 0 radical (unpaired) electrons. The van der Waals surface area contributed by atoms with E-state index in [1.54, 1.807) is 6.92 Å². The lowest BCUT2D eigenvalue weighted by Gasteiger charge is -2.21. The molecule has 0 spiro atoms. The average molecular weight is 558 g/mol. The number of anilines is 1. The van der Waals surface area contributed by atoms with Gasteiger partial charge in [0.1, 0.15) is 16.9 Å². The fourth-order valence-electron chi connectivity index (χ4n) is 3.43. The molecule has 0 saturated carbocycles. The van der Waals surface area contributed by atoms with Gasteiger partial charge in [0, 0.05) is 16.8 Å². The van der Waals surface area contributed by atoms with Crippen molar-refractivity contribution in [3.63, 3.8) is 0 Å². The number of halogens is 6. The van der Waals surface area contributed by atoms with Gasteiger partial charge < -0.3 is 10.1 Å². The van der Waals surface area contributed by atoms with Crippen LogP contribution in [0.2, 0.25) is 0 Å². The quantitative estimate of drug-likeness (QED) is 0.144. The van der Waals surface area contributed by atoms with Crippen LogP contribution in [-0.2, 0) is 23.6 Å². The normalized spacial score (nSPS) is 11.6. The second-order valence-corrected chi connectivity index (χ2v) is 8.44. The van der Waals surface area contributed by atoms with E-state index in [2.05, 4.69) is 10.2 Å². The summed E-state index contributed by atoms with van der Waals surface area (Å²) in [4.78, 5) is 24.3. The molecular weight excluding hydrogens is 536 g/mol. The van der Waals surface area contributed by atoms with Crippen LogP contribution in [0.4, 0.5) is 32.0 Å². The van der Waals surface area contributed by atoms with E-state index < -0.39 is 46.6 Å². The lowest BCUT2D eigenvalue weighted by molar-refractivity contribution is -0.145. The van der Waals surface area contributed by atoms with Crippen molar-refractivity contribution < 1.29 is 40.7 Å². The van der Waals surface area contributed by atoms with Gasteiger partial charge in [0.2, 0.25) is 0 Å². The summed E-state index contributed by atoms with van der Waals surface area (Å²) in [5, 5.41) is 10.6. The summed E-state index contributed by atoms with van der Waals surface area (Å²) in [5.74, 6) is -4.25. The highest BCUT2D eigenvalue weighted by Crippen LogP contribution is 2.47. The van der Waals surface area contributed by atoms with Gasteiger partial charge in [-0.2, -0.15) is 31.4 Å². The van der Waals surface area contributed by atoms with Gasteiger partial charge in [0.25, 0.3) is 11.7 Å². The van der Waals surface area contributed by atoms with Gasteiger partial charge in [-0.3, -0.25) is 14.7 Å². The van der Waals surface area contributed by atoms with Crippen LogP contribution < -0.4 is 10.1 Å². The van der Waals surface area contributed by atoms with Crippen LogP contribution >= 0.6 is 11.3 Å². The number of aromatic amines is 1. The summed E-state index contributed by atoms with van der Waals surface area (Å²) in [6, 6.07) is 7.21. The molecule has 2 N–H and O–H groups in total. The van der Waals surface area contributed by atoms with Crippen molar-refractivity contribution in [2.75, 3.05) is 5.32 Å². The molecule has 202 valence electrons. The Morgan fingerprint density at radius 3 is 2.16 bits per heavy atom. The van der Waals surface area contributed by atoms with Gasteiger partial charge in [-0.15, -0.1) is 11.3 Å². The zero-order valence-corrected chi connectivity index (χ0v) is 21.0. The highest BCUT2D eigenvalue weighted by molar-refractivity contribution is 7.13. The number of thiophene rings is 1. The second kappa shape index (κ2) is 11.3. The van der Waals surface area contributed by atoms with Gasteiger partial charge in [0.05, 0.1) is 10.4 Å². The topological polar surface area (TPSA) is 84.1 Å². The maximum atomic E-state index is 13.9. The lowest BCUT2D eigenvalue weighted by Crippen LogP contribution is -2.23. The Bertz CT molecular complexity index is 1410. The summed E-state index contributed by atoms with van der Waals surface area (Å²) in [6.45, 7) is 5.79. The predicted octanol–water partition coefficient (Wildman–Crippen LogP) is 7.86. The SMILES string of the molecule is CC.CCc1[nH]nc2ccc(Oc3c(C(F)(F)F)cc(NC(=O)C(=O)c4cccs4)cc3C(F)(F)F)cc12. The third-order valence-electron chi connectivity index (χ3n) is 5.09. The number of rotatable bonds is 6. The van der Waals surface area contributed by atoms with Crippen LogP contribution in [0.25, 0.3) is 10.9 Å². The highest BCUT2D eigenvalue weighted by Gasteiger charge is 2.43. The maximum Gasteiger partial charge on any atom is 0.420 e. The molecule has 38 heavy (non-hydrogen) atoms. The number of H-pyrrole nitrogens is 1. The molecule has 2 heterocycles. The van der Waals surface area contributed by atoms with E-state index in [0.717, 1.165) is 11.3 Å². The smallest absolute Gasteiger partial charge is 0.420 e. The van der Waals surface area contributed by atoms with Crippen molar-refractivity contribution in [2.24, 2.45) is 0 Å². The Kier molecular flexibility index (Phi) is 8.50. The van der Waals surface area contributed by atoms with Gasteiger partial charge >= 0.3 is 12.4 Å². The van der Waals surface area contributed by atoms with Crippen molar-refractivity contribution in [1.29, 1.82) is 0 Å². The molecular formula is C25H21F6N3O3S. The zero-order chi connectivity index (χ0) is 28.3. The minimum absolute atomic E-state index is 0.0272. The van der Waals surface area contributed by atoms with Crippen molar-refractivity contribution in [3.05, 3.63) is 69.5 Å². The number of hydrogen-bond donors (Lipinski definition) is 2. The summed E-state index contributed by atoms with van der Waals surface area (Å²) < 4.78 is 88.6. The molecule has 2 aromatic carbocycles. The minimum Gasteiger partial charge on any atom is -0.456 e. The number of carbonyl (C=O) groups excluding carboxylic acids is 2. The Labute approximate surface area is 216 Å². The van der Waals surface area contributed by atoms with Crippen molar-refractivity contribution in [2.45, 2.75) is 39.5 Å². The first-order valence-corrected chi connectivity index (χ1v) is 12.1. The predicted molar refractivity (Wildman–Crippen MR) is 131 cm³/mol. The molecule has 6 nitrogen and oxygen atoms in total. The van der Waals surface area contributed by atoms with E-state index >= 15 is 0 Å². The van der Waals surface area contributed by atoms with Gasteiger partial charge in [-0.25, -0.2) is 0 Å². The molecule has 0 saturated heterocycles. The highest BCUT2D eigenvalue weighted by atomic mass is 32.1. The Balaban J connectivity index is 0.00000195. The first-order valence-electron chi connectivity index (χ1n) is 11.2. The summed E-state index contributed by atoms with van der Waals surface area (Å²) in [6.07, 6.45) is -10.1. The molecule has 4 rings (SSSR count). The Hall–Kier alpha value is -3.87. The average Bonchev–Trinajstić information content (AvgIpc) is 3.54. The molecule has 2 aromatic heterocycles. The third kappa shape index (κ3) is 6.15. The van der Waals surface area contributed by atoms with Crippen LogP contribution in [-0.4, -0.2) is 21.9 Å². The summed E-state index contributed by atoms with van der Waals surface area (Å²) in [7, 11) is 0. The summed E-state index contributed by atoms with van der Waals surface area (Å²) in [5.41, 5.74) is -3.34. The standard InChI is InChI=1S/C23H15F6N3O3S.C2H6/c1-2-16-13-10-12(5-6-17(13)32-31-16)35-20-14(22(24,25)26)8-11(9-15(20)23(27,28)29)30-21(34)19(33)18-4-3-7-36-18;1-2/h3-10H,2H2,1H3,(H,30,34)(H,31,32);1-2H3. The largest absolute Gasteiger partial charge is 0.456 e. The van der Waals surface area contributed by atoms with E-state index in [0.29, 0.717) is 23.0 Å². The van der Waals surface area contributed by atoms with E-state index in [4.69, 9.17) is 4.74 Å². The zero-order valence-electron chi connectivity index (χ0n) is 20.2. The number of aromatic nitrogens is 2. The molecule has 4 aromatic rings. The molecule has 0 fully saturated rings. The maximum absolute atomic E-state index is 13.9.